The summed E-state index contributed by atoms with van der Waals surface area (Å²) in [6, 6.07) is 20.8. The van der Waals surface area contributed by atoms with E-state index < -0.39 is 88.0 Å². The summed E-state index contributed by atoms with van der Waals surface area (Å²) < 4.78 is 3.84. The number of carbonyl (C=O) groups excluding carboxylic acids is 9. The summed E-state index contributed by atoms with van der Waals surface area (Å²) >= 11 is 1.15. The number of amides is 8. The van der Waals surface area contributed by atoms with E-state index in [-0.39, 0.29) is 72.6 Å². The second-order valence-electron chi connectivity index (χ2n) is 24.7. The standard InChI is InChI=1S/C65H84N10O10S/c1-37(66-8)56(77)72-54(64(3,4)5)62(83)75-35-46(33-52(75)61(82)71-50-24-16-20-40-18-12-14-22-48(40)50)69-59(80)42-27-25-41(26-28-42)58(79)68-45-30-29-43-32-51(60(81)70-49-23-15-19-39-17-11-13-21-47(39)49)74(34-44(43)31-45)63(84)55(73-57(78)38(2)67-9)65(6,7)86-36-53(76)85-10/h11-14,17-18,21-22,25-31,37-38,46,49-52,54-55,66-67H,15-16,19-20,23-24,32-36H2,1-10H3,(H,68,79)(H,69,80)(H,70,81)(H,71,82)(H,72,77)(H,73,78)/t37?,38?,46-,49+,50+,51?,52-,54?,55?/m0/s1. The molecule has 1 saturated heterocycles. The molecule has 2 aliphatic heterocycles. The predicted octanol–water partition coefficient (Wildman–Crippen LogP) is 5.20. The molecule has 0 aromatic heterocycles. The van der Waals surface area contributed by atoms with Crippen LogP contribution in [0, 0.1) is 5.41 Å². The van der Waals surface area contributed by atoms with E-state index in [2.05, 4.69) is 54.7 Å². The zero-order chi connectivity index (χ0) is 62.2. The van der Waals surface area contributed by atoms with Crippen LogP contribution < -0.4 is 42.5 Å². The molecule has 0 saturated carbocycles. The number of nitrogens with one attached hydrogen (secondary N) is 8. The molecule has 4 aliphatic rings. The lowest BCUT2D eigenvalue weighted by Gasteiger charge is -2.42. The van der Waals surface area contributed by atoms with Crippen molar-refractivity contribution in [2.75, 3.05) is 38.8 Å². The van der Waals surface area contributed by atoms with Crippen molar-refractivity contribution >= 4 is 70.7 Å². The summed E-state index contributed by atoms with van der Waals surface area (Å²) in [4.78, 5) is 129. The summed E-state index contributed by atoms with van der Waals surface area (Å²) in [6.45, 7) is 12.4. The number of hydrogen-bond acceptors (Lipinski definition) is 13. The maximum atomic E-state index is 15.3. The van der Waals surface area contributed by atoms with Crippen LogP contribution in [-0.4, -0.2) is 144 Å². The number of thioether (sulfide) groups is 1. The number of aryl methyl sites for hydroxylation is 2. The van der Waals surface area contributed by atoms with Crippen molar-refractivity contribution in [3.05, 3.63) is 136 Å². The predicted molar refractivity (Wildman–Crippen MR) is 330 cm³/mol. The van der Waals surface area contributed by atoms with Gasteiger partial charge in [0.25, 0.3) is 11.8 Å². The number of fused-ring (bicyclic) bond motifs is 3. The van der Waals surface area contributed by atoms with Crippen LogP contribution in [0.15, 0.2) is 91.0 Å². The Bertz CT molecular complexity index is 3200. The van der Waals surface area contributed by atoms with Gasteiger partial charge in [-0.2, -0.15) is 0 Å². The van der Waals surface area contributed by atoms with Crippen molar-refractivity contribution < 1.29 is 47.9 Å². The topological polar surface area (TPSA) is 266 Å². The molecule has 8 rings (SSSR count). The van der Waals surface area contributed by atoms with Crippen LogP contribution in [0.5, 0.6) is 0 Å². The molecule has 86 heavy (non-hydrogen) atoms. The Kier molecular flexibility index (Phi) is 20.8. The fourth-order valence-electron chi connectivity index (χ4n) is 11.8. The first kappa shape index (κ1) is 64.4. The van der Waals surface area contributed by atoms with Gasteiger partial charge in [0.05, 0.1) is 37.0 Å². The van der Waals surface area contributed by atoms with Gasteiger partial charge in [0.15, 0.2) is 0 Å². The Labute approximate surface area is 508 Å². The molecule has 2 aliphatic carbocycles. The van der Waals surface area contributed by atoms with Crippen molar-refractivity contribution in [1.29, 1.82) is 0 Å². The highest BCUT2D eigenvalue weighted by Crippen LogP contribution is 2.36. The van der Waals surface area contributed by atoms with Gasteiger partial charge in [-0.1, -0.05) is 75.4 Å². The first-order valence-electron chi connectivity index (χ1n) is 29.8. The molecule has 9 atom stereocenters. The summed E-state index contributed by atoms with van der Waals surface area (Å²) in [6.07, 6.45) is 5.25. The molecule has 8 amide bonds. The molecular formula is C65H84N10O10S. The van der Waals surface area contributed by atoms with Crippen molar-refractivity contribution in [3.63, 3.8) is 0 Å². The van der Waals surface area contributed by atoms with Gasteiger partial charge in [0.1, 0.15) is 24.2 Å². The first-order valence-corrected chi connectivity index (χ1v) is 30.8. The molecule has 0 spiro atoms. The highest BCUT2D eigenvalue weighted by molar-refractivity contribution is 8.01. The average Bonchev–Trinajstić information content (AvgIpc) is 3.16. The van der Waals surface area contributed by atoms with E-state index in [9.17, 15) is 38.4 Å². The number of ether oxygens (including phenoxy) is 1. The molecule has 2 heterocycles. The number of hydrogen-bond donors (Lipinski definition) is 8. The molecule has 20 nitrogen and oxygen atoms in total. The molecule has 5 unspecified atom stereocenters. The molecule has 460 valence electrons. The lowest BCUT2D eigenvalue weighted by molar-refractivity contribution is -0.145. The second-order valence-corrected chi connectivity index (χ2v) is 26.3. The molecular weight excluding hydrogens is 1110 g/mol. The highest BCUT2D eigenvalue weighted by Gasteiger charge is 2.48. The van der Waals surface area contributed by atoms with E-state index in [1.807, 2.05) is 63.2 Å². The largest absolute Gasteiger partial charge is 0.468 e. The van der Waals surface area contributed by atoms with Crippen molar-refractivity contribution in [2.24, 2.45) is 5.41 Å². The van der Waals surface area contributed by atoms with E-state index in [0.29, 0.717) is 11.3 Å². The fraction of sp³-hybridized carbons (Fsp3) is 0.492. The lowest BCUT2D eigenvalue weighted by atomic mass is 9.85. The van der Waals surface area contributed by atoms with Gasteiger partial charge in [-0.05, 0) is 162 Å². The maximum Gasteiger partial charge on any atom is 0.315 e. The number of nitrogens with zero attached hydrogens (tertiary/aromatic N) is 2. The van der Waals surface area contributed by atoms with Gasteiger partial charge in [0.2, 0.25) is 35.4 Å². The van der Waals surface area contributed by atoms with E-state index in [0.717, 1.165) is 78.1 Å². The van der Waals surface area contributed by atoms with Crippen LogP contribution in [0.3, 0.4) is 0 Å². The molecule has 8 N–H and O–H groups in total. The average molecular weight is 1200 g/mol. The van der Waals surface area contributed by atoms with Crippen molar-refractivity contribution in [1.82, 2.24) is 47.0 Å². The minimum absolute atomic E-state index is 0.00562. The van der Waals surface area contributed by atoms with Gasteiger partial charge in [0, 0.05) is 47.1 Å². The Morgan fingerprint density at radius 2 is 1.14 bits per heavy atom. The summed E-state index contributed by atoms with van der Waals surface area (Å²) in [5, 5.41) is 24.1. The van der Waals surface area contributed by atoms with E-state index in [1.54, 1.807) is 53.9 Å². The number of benzene rings is 4. The number of rotatable bonds is 20. The third kappa shape index (κ3) is 15.1. The number of esters is 1. The molecule has 21 heteroatoms. The molecule has 0 radical (unpaired) electrons. The van der Waals surface area contributed by atoms with Crippen LogP contribution in [0.25, 0.3) is 0 Å². The number of methoxy groups -OCH3 is 1. The number of anilines is 1. The minimum Gasteiger partial charge on any atom is -0.468 e. The Morgan fingerprint density at radius 1 is 0.616 bits per heavy atom. The number of carbonyl (C=O) groups is 9. The van der Waals surface area contributed by atoms with Gasteiger partial charge < -0.3 is 57.1 Å². The van der Waals surface area contributed by atoms with E-state index in [4.69, 9.17) is 4.74 Å². The SMILES string of the molecule is CNC(C)C(=O)NC(C(=O)N1C[C@@H](NC(=O)c2ccc(C(=O)Nc3ccc4c(c3)CN(C(=O)C(NC(=O)C(C)NC)C(C)(C)SCC(=O)OC)C(C(=O)N[C@@H]3CCCc5ccccc53)C4)cc2)C[C@H]1C(=O)N[C@@H]1CCCc2ccccc21)C(C)(C)C. The van der Waals surface area contributed by atoms with Crippen LogP contribution in [0.1, 0.15) is 147 Å². The second kappa shape index (κ2) is 27.8. The Hall–Kier alpha value is -7.62. The quantitative estimate of drug-likeness (QED) is 0.0530. The monoisotopic (exact) mass is 1200 g/mol. The zero-order valence-electron chi connectivity index (χ0n) is 51.0. The normalized spacial score (nSPS) is 20.5. The van der Waals surface area contributed by atoms with Crippen molar-refractivity contribution in [3.8, 4) is 0 Å². The minimum atomic E-state index is -1.20. The maximum absolute atomic E-state index is 15.3. The van der Waals surface area contributed by atoms with Crippen LogP contribution >= 0.6 is 11.8 Å². The van der Waals surface area contributed by atoms with Gasteiger partial charge in [-0.15, -0.1) is 11.8 Å². The smallest absolute Gasteiger partial charge is 0.315 e. The number of likely N-dealkylation sites (N-methyl/N-ethyl adjacent to an activating group) is 2. The Balaban J connectivity index is 0.993. The van der Waals surface area contributed by atoms with Crippen molar-refractivity contribution in [2.45, 2.75) is 166 Å². The molecule has 1 fully saturated rings. The molecule has 0 bridgehead atoms. The summed E-state index contributed by atoms with van der Waals surface area (Å²) in [7, 11) is 4.55. The third-order valence-electron chi connectivity index (χ3n) is 17.3. The Morgan fingerprint density at radius 3 is 1.69 bits per heavy atom. The lowest BCUT2D eigenvalue weighted by Crippen LogP contribution is -2.63. The van der Waals surface area contributed by atoms with E-state index >= 15 is 4.79 Å². The van der Waals surface area contributed by atoms with Gasteiger partial charge >= 0.3 is 5.97 Å². The van der Waals surface area contributed by atoms with Crippen LogP contribution in [0.4, 0.5) is 5.69 Å². The van der Waals surface area contributed by atoms with Gasteiger partial charge in [-0.25, -0.2) is 0 Å². The van der Waals surface area contributed by atoms with Crippen LogP contribution in [-0.2, 0) is 64.1 Å². The summed E-state index contributed by atoms with van der Waals surface area (Å²) in [5.74, 6) is -4.07. The zero-order valence-corrected chi connectivity index (χ0v) is 51.8. The summed E-state index contributed by atoms with van der Waals surface area (Å²) in [5.41, 5.74) is 5.97. The van der Waals surface area contributed by atoms with Crippen LogP contribution in [0.2, 0.25) is 0 Å². The molecule has 4 aromatic rings. The fourth-order valence-corrected chi connectivity index (χ4v) is 12.8. The van der Waals surface area contributed by atoms with E-state index in [1.165, 1.54) is 41.2 Å². The number of likely N-dealkylation sites (tertiary alicyclic amines) is 1. The third-order valence-corrected chi connectivity index (χ3v) is 18.6. The first-order chi connectivity index (χ1) is 40.9. The highest BCUT2D eigenvalue weighted by atomic mass is 32.2. The molecule has 4 aromatic carbocycles. The van der Waals surface area contributed by atoms with Gasteiger partial charge in [-0.3, -0.25) is 43.2 Å².